The molecular weight excluding hydrogens is 184 g/mol. The van der Waals surface area contributed by atoms with Crippen molar-refractivity contribution in [1.29, 1.82) is 0 Å². The van der Waals surface area contributed by atoms with Crippen LogP contribution in [0, 0.1) is 5.41 Å². The maximum absolute atomic E-state index is 11.2. The molecule has 5 heteroatoms. The second kappa shape index (κ2) is 3.96. The predicted octanol–water partition coefficient (Wildman–Crippen LogP) is -0.295. The van der Waals surface area contributed by atoms with Gasteiger partial charge in [0.05, 0.1) is 11.5 Å². The summed E-state index contributed by atoms with van der Waals surface area (Å²) >= 11 is 0. The number of carbonyl (C=O) groups is 2. The summed E-state index contributed by atoms with van der Waals surface area (Å²) in [5, 5.41) is 11.4. The van der Waals surface area contributed by atoms with E-state index in [1.807, 2.05) is 6.92 Å². The molecule has 0 aliphatic heterocycles. The minimum atomic E-state index is -0.831. The summed E-state index contributed by atoms with van der Waals surface area (Å²) in [6.07, 6.45) is 1.85. The molecule has 14 heavy (non-hydrogen) atoms. The number of nitrogens with two attached hydrogens (primary N) is 1. The first-order chi connectivity index (χ1) is 6.52. The van der Waals surface area contributed by atoms with Gasteiger partial charge in [0.2, 0.25) is 5.91 Å². The maximum atomic E-state index is 11.2. The van der Waals surface area contributed by atoms with Gasteiger partial charge in [-0.15, -0.1) is 0 Å². The van der Waals surface area contributed by atoms with E-state index < -0.39 is 17.4 Å². The topological polar surface area (TPSA) is 92.4 Å². The van der Waals surface area contributed by atoms with Crippen molar-refractivity contribution < 1.29 is 14.7 Å². The van der Waals surface area contributed by atoms with Crippen LogP contribution in [0.3, 0.4) is 0 Å². The molecule has 1 fully saturated rings. The van der Waals surface area contributed by atoms with E-state index in [1.54, 1.807) is 0 Å². The Labute approximate surface area is 82.7 Å². The summed E-state index contributed by atoms with van der Waals surface area (Å²) in [5.41, 5.74) is 4.78. The van der Waals surface area contributed by atoms with Crippen LogP contribution in [0.5, 0.6) is 0 Å². The summed E-state index contributed by atoms with van der Waals surface area (Å²) in [4.78, 5) is 22.0. The predicted molar refractivity (Wildman–Crippen MR) is 50.6 cm³/mol. The van der Waals surface area contributed by atoms with Gasteiger partial charge in [-0.3, -0.25) is 9.59 Å². The Bertz CT molecular complexity index is 248. The van der Waals surface area contributed by atoms with Crippen LogP contribution in [0.1, 0.15) is 26.2 Å². The molecule has 0 spiro atoms. The average molecular weight is 200 g/mol. The van der Waals surface area contributed by atoms with E-state index in [0.717, 1.165) is 0 Å². The fourth-order valence-corrected chi connectivity index (χ4v) is 1.19. The number of hydrogen-bond acceptors (Lipinski definition) is 3. The number of nitrogens with one attached hydrogen (secondary N) is 1. The van der Waals surface area contributed by atoms with Crippen LogP contribution in [0.4, 0.5) is 0 Å². The van der Waals surface area contributed by atoms with E-state index in [9.17, 15) is 9.59 Å². The smallest absolute Gasteiger partial charge is 0.311 e. The monoisotopic (exact) mass is 200 g/mol. The quantitative estimate of drug-likeness (QED) is 0.568. The van der Waals surface area contributed by atoms with Gasteiger partial charge < -0.3 is 16.2 Å². The average Bonchev–Trinajstić information content (AvgIpc) is 2.93. The first-order valence-corrected chi connectivity index (χ1v) is 4.78. The molecule has 4 N–H and O–H groups in total. The van der Waals surface area contributed by atoms with Gasteiger partial charge in [0.25, 0.3) is 0 Å². The second-order valence-corrected chi connectivity index (χ2v) is 3.82. The van der Waals surface area contributed by atoms with Crippen LogP contribution in [0.25, 0.3) is 0 Å². The highest BCUT2D eigenvalue weighted by Gasteiger charge is 2.50. The van der Waals surface area contributed by atoms with Crippen molar-refractivity contribution in [3.05, 3.63) is 0 Å². The van der Waals surface area contributed by atoms with Gasteiger partial charge in [-0.25, -0.2) is 0 Å². The first-order valence-electron chi connectivity index (χ1n) is 4.78. The molecule has 0 aromatic heterocycles. The lowest BCUT2D eigenvalue weighted by atomic mass is 10.1. The molecule has 80 valence electrons. The van der Waals surface area contributed by atoms with E-state index in [-0.39, 0.29) is 12.5 Å². The number of hydrogen-bond donors (Lipinski definition) is 3. The maximum Gasteiger partial charge on any atom is 0.311 e. The fourth-order valence-electron chi connectivity index (χ4n) is 1.19. The third-order valence-electron chi connectivity index (χ3n) is 2.68. The highest BCUT2D eigenvalue weighted by atomic mass is 16.4. The van der Waals surface area contributed by atoms with E-state index in [1.165, 1.54) is 0 Å². The molecule has 0 saturated heterocycles. The van der Waals surface area contributed by atoms with E-state index in [0.29, 0.717) is 19.3 Å². The standard InChI is InChI=1S/C9H16N2O3/c1-2-6(10)7(12)11-5-9(3-4-9)8(13)14/h6H,2-5,10H2,1H3,(H,11,12)(H,13,14)/t6-/m1/s1. The number of amides is 1. The van der Waals surface area contributed by atoms with Crippen molar-refractivity contribution in [2.45, 2.75) is 32.2 Å². The second-order valence-electron chi connectivity index (χ2n) is 3.82. The SMILES string of the molecule is CC[C@@H](N)C(=O)NCC1(C(=O)O)CC1. The van der Waals surface area contributed by atoms with Crippen LogP contribution in [0.15, 0.2) is 0 Å². The van der Waals surface area contributed by atoms with Gasteiger partial charge in [0, 0.05) is 6.54 Å². The van der Waals surface area contributed by atoms with Crippen LogP contribution >= 0.6 is 0 Å². The molecule has 0 unspecified atom stereocenters. The van der Waals surface area contributed by atoms with Crippen LogP contribution in [-0.2, 0) is 9.59 Å². The van der Waals surface area contributed by atoms with Crippen LogP contribution < -0.4 is 11.1 Å². The summed E-state index contributed by atoms with van der Waals surface area (Å²) in [7, 11) is 0. The first kappa shape index (κ1) is 11.0. The van der Waals surface area contributed by atoms with Gasteiger partial charge in [-0.1, -0.05) is 6.92 Å². The van der Waals surface area contributed by atoms with Crippen molar-refractivity contribution in [2.24, 2.45) is 11.1 Å². The Morgan fingerprint density at radius 3 is 2.50 bits per heavy atom. The van der Waals surface area contributed by atoms with Crippen molar-refractivity contribution in [2.75, 3.05) is 6.54 Å². The van der Waals surface area contributed by atoms with Crippen LogP contribution in [-0.4, -0.2) is 29.6 Å². The fraction of sp³-hybridized carbons (Fsp3) is 0.778. The number of carboxylic acids is 1. The van der Waals surface area contributed by atoms with Crippen molar-refractivity contribution in [1.82, 2.24) is 5.32 Å². The summed E-state index contributed by atoms with van der Waals surface area (Å²) in [5.74, 6) is -1.09. The Balaban J connectivity index is 2.34. The highest BCUT2D eigenvalue weighted by molar-refractivity contribution is 5.83. The molecule has 1 aliphatic rings. The zero-order valence-corrected chi connectivity index (χ0v) is 8.25. The molecule has 1 aliphatic carbocycles. The largest absolute Gasteiger partial charge is 0.481 e. The lowest BCUT2D eigenvalue weighted by molar-refractivity contribution is -0.143. The van der Waals surface area contributed by atoms with E-state index in [2.05, 4.69) is 5.32 Å². The zero-order chi connectivity index (χ0) is 10.8. The number of rotatable bonds is 5. The van der Waals surface area contributed by atoms with Gasteiger partial charge in [0.15, 0.2) is 0 Å². The molecule has 0 aromatic rings. The van der Waals surface area contributed by atoms with Gasteiger partial charge in [-0.2, -0.15) is 0 Å². The normalized spacial score (nSPS) is 19.9. The van der Waals surface area contributed by atoms with E-state index >= 15 is 0 Å². The van der Waals surface area contributed by atoms with Crippen molar-refractivity contribution >= 4 is 11.9 Å². The van der Waals surface area contributed by atoms with Crippen molar-refractivity contribution in [3.63, 3.8) is 0 Å². The minimum Gasteiger partial charge on any atom is -0.481 e. The summed E-state index contributed by atoms with van der Waals surface area (Å²) in [6.45, 7) is 2.02. The van der Waals surface area contributed by atoms with Crippen molar-refractivity contribution in [3.8, 4) is 0 Å². The number of carboxylic acid groups (broad SMARTS) is 1. The minimum absolute atomic E-state index is 0.203. The molecule has 0 aromatic carbocycles. The Morgan fingerprint density at radius 2 is 2.14 bits per heavy atom. The van der Waals surface area contributed by atoms with E-state index in [4.69, 9.17) is 10.8 Å². The molecule has 0 bridgehead atoms. The third kappa shape index (κ3) is 2.23. The molecule has 5 nitrogen and oxygen atoms in total. The van der Waals surface area contributed by atoms with Gasteiger partial charge in [0.1, 0.15) is 0 Å². The Morgan fingerprint density at radius 1 is 1.57 bits per heavy atom. The Kier molecular flexibility index (Phi) is 3.10. The lowest BCUT2D eigenvalue weighted by Crippen LogP contribution is -2.43. The molecule has 0 heterocycles. The zero-order valence-electron chi connectivity index (χ0n) is 8.25. The van der Waals surface area contributed by atoms with Crippen LogP contribution in [0.2, 0.25) is 0 Å². The molecule has 1 amide bonds. The number of aliphatic carboxylic acids is 1. The highest BCUT2D eigenvalue weighted by Crippen LogP contribution is 2.45. The lowest BCUT2D eigenvalue weighted by Gasteiger charge is -2.13. The Hall–Kier alpha value is -1.10. The molecule has 0 radical (unpaired) electrons. The molecule has 1 saturated carbocycles. The van der Waals surface area contributed by atoms with Gasteiger partial charge >= 0.3 is 5.97 Å². The number of carbonyl (C=O) groups excluding carboxylic acids is 1. The third-order valence-corrected chi connectivity index (χ3v) is 2.68. The molecule has 1 rings (SSSR count). The van der Waals surface area contributed by atoms with Gasteiger partial charge in [-0.05, 0) is 19.3 Å². The molecule has 1 atom stereocenters. The summed E-state index contributed by atoms with van der Waals surface area (Å²) < 4.78 is 0. The summed E-state index contributed by atoms with van der Waals surface area (Å²) in [6, 6.07) is -0.528. The molecular formula is C9H16N2O3.